The molecule has 2 heteroatoms. The Morgan fingerprint density at radius 1 is 1.45 bits per heavy atom. The second-order valence-electron chi connectivity index (χ2n) is 4.43. The fourth-order valence-corrected chi connectivity index (χ4v) is 2.80. The molecule has 1 saturated heterocycles. The molecule has 2 unspecified atom stereocenters. The first kappa shape index (κ1) is 9.40. The van der Waals surface area contributed by atoms with E-state index in [0.29, 0.717) is 5.92 Å². The molecule has 2 atom stereocenters. The van der Waals surface area contributed by atoms with Gasteiger partial charge in [-0.2, -0.15) is 11.8 Å². The van der Waals surface area contributed by atoms with Crippen LogP contribution in [-0.4, -0.2) is 22.7 Å². The Labute approximate surface area is 73.6 Å². The highest BCUT2D eigenvalue weighted by molar-refractivity contribution is 7.99. The molecular formula is C9H18OS. The Kier molecular flexibility index (Phi) is 2.87. The minimum atomic E-state index is -0.113. The minimum Gasteiger partial charge on any atom is -0.392 e. The minimum absolute atomic E-state index is 0.0650. The molecule has 0 spiro atoms. The van der Waals surface area contributed by atoms with E-state index in [9.17, 15) is 5.11 Å². The molecular weight excluding hydrogens is 156 g/mol. The molecule has 0 amide bonds. The Morgan fingerprint density at radius 2 is 2.09 bits per heavy atom. The molecule has 1 aliphatic rings. The van der Waals surface area contributed by atoms with Crippen LogP contribution in [-0.2, 0) is 0 Å². The number of hydrogen-bond acceptors (Lipinski definition) is 2. The summed E-state index contributed by atoms with van der Waals surface area (Å²) in [6.45, 7) is 6.34. The SMILES string of the molecule is CC(C)(C)C(O)C1CCSC1. The second kappa shape index (κ2) is 3.36. The molecule has 0 aliphatic carbocycles. The van der Waals surface area contributed by atoms with Crippen molar-refractivity contribution in [3.05, 3.63) is 0 Å². The second-order valence-corrected chi connectivity index (χ2v) is 5.58. The van der Waals surface area contributed by atoms with Gasteiger partial charge in [0, 0.05) is 0 Å². The van der Waals surface area contributed by atoms with Gasteiger partial charge in [0.2, 0.25) is 0 Å². The van der Waals surface area contributed by atoms with E-state index >= 15 is 0 Å². The molecule has 0 saturated carbocycles. The molecule has 1 heterocycles. The standard InChI is InChI=1S/C9H18OS/c1-9(2,3)8(10)7-4-5-11-6-7/h7-8,10H,4-6H2,1-3H3. The van der Waals surface area contributed by atoms with E-state index in [2.05, 4.69) is 20.8 Å². The van der Waals surface area contributed by atoms with Crippen molar-refractivity contribution in [2.75, 3.05) is 11.5 Å². The first-order valence-corrected chi connectivity index (χ1v) is 5.43. The van der Waals surface area contributed by atoms with E-state index in [0.717, 1.165) is 5.75 Å². The molecule has 0 aromatic heterocycles. The van der Waals surface area contributed by atoms with E-state index in [1.54, 1.807) is 0 Å². The number of hydrogen-bond donors (Lipinski definition) is 1. The van der Waals surface area contributed by atoms with Crippen LogP contribution < -0.4 is 0 Å². The lowest BCUT2D eigenvalue weighted by atomic mass is 9.81. The van der Waals surface area contributed by atoms with Crippen LogP contribution >= 0.6 is 11.8 Å². The molecule has 1 nitrogen and oxygen atoms in total. The first-order valence-electron chi connectivity index (χ1n) is 4.27. The molecule has 1 rings (SSSR count). The maximum Gasteiger partial charge on any atom is 0.0624 e. The van der Waals surface area contributed by atoms with Crippen molar-refractivity contribution in [3.63, 3.8) is 0 Å². The first-order chi connectivity index (χ1) is 5.02. The highest BCUT2D eigenvalue weighted by atomic mass is 32.2. The van der Waals surface area contributed by atoms with Crippen molar-refractivity contribution in [2.45, 2.75) is 33.3 Å². The average Bonchev–Trinajstić information content (AvgIpc) is 2.34. The van der Waals surface area contributed by atoms with Gasteiger partial charge in [-0.3, -0.25) is 0 Å². The molecule has 11 heavy (non-hydrogen) atoms. The predicted molar refractivity (Wildman–Crippen MR) is 50.9 cm³/mol. The zero-order valence-electron chi connectivity index (χ0n) is 7.63. The van der Waals surface area contributed by atoms with E-state index in [4.69, 9.17) is 0 Å². The molecule has 0 radical (unpaired) electrons. The summed E-state index contributed by atoms with van der Waals surface area (Å²) < 4.78 is 0. The normalized spacial score (nSPS) is 28.9. The van der Waals surface area contributed by atoms with Crippen LogP contribution in [0.1, 0.15) is 27.2 Å². The zero-order chi connectivity index (χ0) is 8.48. The van der Waals surface area contributed by atoms with Crippen molar-refractivity contribution in [1.82, 2.24) is 0 Å². The van der Waals surface area contributed by atoms with Crippen LogP contribution in [0.25, 0.3) is 0 Å². The number of rotatable bonds is 1. The molecule has 1 aliphatic heterocycles. The Morgan fingerprint density at radius 3 is 2.45 bits per heavy atom. The van der Waals surface area contributed by atoms with E-state index in [-0.39, 0.29) is 11.5 Å². The van der Waals surface area contributed by atoms with Gasteiger partial charge in [-0.15, -0.1) is 0 Å². The van der Waals surface area contributed by atoms with Crippen molar-refractivity contribution in [1.29, 1.82) is 0 Å². The van der Waals surface area contributed by atoms with E-state index in [1.807, 2.05) is 11.8 Å². The lowest BCUT2D eigenvalue weighted by molar-refractivity contribution is 0.0208. The monoisotopic (exact) mass is 174 g/mol. The van der Waals surface area contributed by atoms with Crippen LogP contribution in [0, 0.1) is 11.3 Å². The maximum atomic E-state index is 9.87. The van der Waals surface area contributed by atoms with Crippen LogP contribution in [0.2, 0.25) is 0 Å². The van der Waals surface area contributed by atoms with Gasteiger partial charge in [-0.25, -0.2) is 0 Å². The lowest BCUT2D eigenvalue weighted by Crippen LogP contribution is -2.33. The number of aliphatic hydroxyl groups excluding tert-OH is 1. The summed E-state index contributed by atoms with van der Waals surface area (Å²) >= 11 is 1.97. The molecule has 0 aromatic carbocycles. The smallest absolute Gasteiger partial charge is 0.0624 e. The summed E-state index contributed by atoms with van der Waals surface area (Å²) in [5.41, 5.74) is 0.0650. The third-order valence-electron chi connectivity index (χ3n) is 2.30. The van der Waals surface area contributed by atoms with Crippen LogP contribution in [0.5, 0.6) is 0 Å². The topological polar surface area (TPSA) is 20.2 Å². The highest BCUT2D eigenvalue weighted by Gasteiger charge is 2.32. The third kappa shape index (κ3) is 2.38. The van der Waals surface area contributed by atoms with Gasteiger partial charge < -0.3 is 5.11 Å². The molecule has 1 N–H and O–H groups in total. The Balaban J connectivity index is 2.46. The molecule has 0 aromatic rings. The summed E-state index contributed by atoms with van der Waals surface area (Å²) in [6.07, 6.45) is 1.08. The van der Waals surface area contributed by atoms with E-state index in [1.165, 1.54) is 12.2 Å². The van der Waals surface area contributed by atoms with Gasteiger partial charge in [0.15, 0.2) is 0 Å². The fraction of sp³-hybridized carbons (Fsp3) is 1.00. The quantitative estimate of drug-likeness (QED) is 0.657. The number of thioether (sulfide) groups is 1. The number of aliphatic hydroxyl groups is 1. The molecule has 1 fully saturated rings. The van der Waals surface area contributed by atoms with Gasteiger partial charge in [-0.05, 0) is 29.3 Å². The highest BCUT2D eigenvalue weighted by Crippen LogP contribution is 2.34. The van der Waals surface area contributed by atoms with Crippen LogP contribution in [0.3, 0.4) is 0 Å². The molecule has 0 bridgehead atoms. The van der Waals surface area contributed by atoms with Crippen molar-refractivity contribution >= 4 is 11.8 Å². The summed E-state index contributed by atoms with van der Waals surface area (Å²) in [5, 5.41) is 9.87. The van der Waals surface area contributed by atoms with E-state index < -0.39 is 0 Å². The van der Waals surface area contributed by atoms with Crippen LogP contribution in [0.15, 0.2) is 0 Å². The van der Waals surface area contributed by atoms with Gasteiger partial charge in [0.05, 0.1) is 6.10 Å². The average molecular weight is 174 g/mol. The molecule has 66 valence electrons. The van der Waals surface area contributed by atoms with Crippen molar-refractivity contribution in [3.8, 4) is 0 Å². The predicted octanol–water partition coefficient (Wildman–Crippen LogP) is 2.15. The van der Waals surface area contributed by atoms with Crippen molar-refractivity contribution < 1.29 is 5.11 Å². The zero-order valence-corrected chi connectivity index (χ0v) is 8.45. The summed E-state index contributed by atoms with van der Waals surface area (Å²) in [4.78, 5) is 0. The lowest BCUT2D eigenvalue weighted by Gasteiger charge is -2.30. The fourth-order valence-electron chi connectivity index (χ4n) is 1.51. The van der Waals surface area contributed by atoms with Gasteiger partial charge in [-0.1, -0.05) is 20.8 Å². The van der Waals surface area contributed by atoms with Crippen molar-refractivity contribution in [2.24, 2.45) is 11.3 Å². The maximum absolute atomic E-state index is 9.87. The third-order valence-corrected chi connectivity index (χ3v) is 3.49. The summed E-state index contributed by atoms with van der Waals surface area (Å²) in [7, 11) is 0. The Hall–Kier alpha value is 0.310. The summed E-state index contributed by atoms with van der Waals surface area (Å²) in [6, 6.07) is 0. The van der Waals surface area contributed by atoms with Gasteiger partial charge >= 0.3 is 0 Å². The largest absolute Gasteiger partial charge is 0.392 e. The summed E-state index contributed by atoms with van der Waals surface area (Å²) in [5.74, 6) is 2.93. The van der Waals surface area contributed by atoms with Crippen LogP contribution in [0.4, 0.5) is 0 Å². The Bertz CT molecular complexity index is 122. The van der Waals surface area contributed by atoms with Gasteiger partial charge in [0.1, 0.15) is 0 Å². The van der Waals surface area contributed by atoms with Gasteiger partial charge in [0.25, 0.3) is 0 Å².